The van der Waals surface area contributed by atoms with Crippen molar-refractivity contribution in [2.45, 2.75) is 77.0 Å². The molecule has 1 aliphatic carbocycles. The van der Waals surface area contributed by atoms with E-state index >= 15 is 0 Å². The molecule has 7 heteroatoms. The Morgan fingerprint density at radius 1 is 1.29 bits per heavy atom. The topological polar surface area (TPSA) is 82.4 Å². The van der Waals surface area contributed by atoms with E-state index in [0.717, 1.165) is 53.9 Å². The lowest BCUT2D eigenvalue weighted by molar-refractivity contribution is -0.133. The third-order valence-corrected chi connectivity index (χ3v) is 7.36. The molecule has 0 radical (unpaired) electrons. The zero-order valence-electron chi connectivity index (χ0n) is 20.4. The molecule has 2 aromatic heterocycles. The maximum absolute atomic E-state index is 13.1. The van der Waals surface area contributed by atoms with Crippen LogP contribution in [0.3, 0.4) is 0 Å². The Hall–Kier alpha value is -2.98. The summed E-state index contributed by atoms with van der Waals surface area (Å²) in [5.74, 6) is 1.42. The molecule has 0 N–H and O–H groups in total. The number of nitrogens with zero attached hydrogens (tertiary/aromatic N) is 5. The van der Waals surface area contributed by atoms with Gasteiger partial charge in [0.1, 0.15) is 11.9 Å². The molecule has 7 nitrogen and oxygen atoms in total. The van der Waals surface area contributed by atoms with Crippen LogP contribution in [-0.4, -0.2) is 52.1 Å². The van der Waals surface area contributed by atoms with Gasteiger partial charge in [0.25, 0.3) is 0 Å². The molecular weight excluding hydrogens is 426 g/mol. The molecule has 178 valence electrons. The van der Waals surface area contributed by atoms with E-state index in [2.05, 4.69) is 36.7 Å². The van der Waals surface area contributed by atoms with Crippen LogP contribution in [0.2, 0.25) is 0 Å². The van der Waals surface area contributed by atoms with E-state index in [4.69, 9.17) is 9.72 Å². The minimum absolute atomic E-state index is 0.0893. The first kappa shape index (κ1) is 22.8. The first-order valence-electron chi connectivity index (χ1n) is 12.4. The van der Waals surface area contributed by atoms with Crippen molar-refractivity contribution in [2.24, 2.45) is 0 Å². The highest BCUT2D eigenvalue weighted by Gasteiger charge is 2.38. The van der Waals surface area contributed by atoms with Gasteiger partial charge < -0.3 is 14.5 Å². The number of carbonyl (C=O) groups is 1. The fourth-order valence-corrected chi connectivity index (χ4v) is 5.32. The summed E-state index contributed by atoms with van der Waals surface area (Å²) in [6.07, 6.45) is 7.75. The van der Waals surface area contributed by atoms with Gasteiger partial charge in [0.05, 0.1) is 29.9 Å². The zero-order valence-corrected chi connectivity index (χ0v) is 20.4. The van der Waals surface area contributed by atoms with Crippen molar-refractivity contribution in [3.63, 3.8) is 0 Å². The molecule has 0 spiro atoms. The van der Waals surface area contributed by atoms with Crippen LogP contribution in [0.5, 0.6) is 0 Å². The lowest BCUT2D eigenvalue weighted by Crippen LogP contribution is -2.56. The zero-order chi connectivity index (χ0) is 23.9. The van der Waals surface area contributed by atoms with Crippen LogP contribution in [0.1, 0.15) is 73.9 Å². The number of hydrogen-bond donors (Lipinski definition) is 0. The number of amides is 1. The first-order valence-corrected chi connectivity index (χ1v) is 12.4. The predicted octanol–water partition coefficient (Wildman–Crippen LogP) is 3.75. The maximum atomic E-state index is 13.1. The van der Waals surface area contributed by atoms with Gasteiger partial charge in [-0.2, -0.15) is 5.26 Å². The third-order valence-electron chi connectivity index (χ3n) is 7.36. The molecule has 3 aliphatic rings. The van der Waals surface area contributed by atoms with Crippen molar-refractivity contribution in [3.05, 3.63) is 52.5 Å². The number of anilines is 1. The molecule has 0 bridgehead atoms. The number of carbonyl (C=O) groups excluding carboxylic acids is 1. The summed E-state index contributed by atoms with van der Waals surface area (Å²) >= 11 is 0. The first-order chi connectivity index (χ1) is 16.4. The minimum Gasteiger partial charge on any atom is -0.370 e. The molecule has 2 aliphatic heterocycles. The molecule has 5 rings (SSSR count). The molecule has 1 saturated heterocycles. The normalized spacial score (nSPS) is 21.6. The summed E-state index contributed by atoms with van der Waals surface area (Å²) in [5, 5.41) is 10.2. The standard InChI is InChI=1S/C27H33N5O2/c1-4-20-16-31(10-11-32(20)24(33)12-18-6-5-9-29-15-18)26-22(14-28)21-13-27(2,3)34-17-23(21)25(30-26)19-7-8-19/h5-6,9,15,19-20H,4,7-8,10-13,16-17H2,1-3H3/t20-/m1/s1. The summed E-state index contributed by atoms with van der Waals surface area (Å²) in [5.41, 5.74) is 4.73. The molecule has 1 amide bonds. The summed E-state index contributed by atoms with van der Waals surface area (Å²) in [6, 6.07) is 6.40. The Labute approximate surface area is 201 Å². The van der Waals surface area contributed by atoms with Gasteiger partial charge in [0, 0.05) is 56.0 Å². The lowest BCUT2D eigenvalue weighted by atomic mass is 9.87. The molecule has 1 atom stereocenters. The number of pyridine rings is 2. The van der Waals surface area contributed by atoms with Gasteiger partial charge in [-0.25, -0.2) is 4.98 Å². The molecule has 1 saturated carbocycles. The molecule has 2 aromatic rings. The van der Waals surface area contributed by atoms with Crippen LogP contribution in [0, 0.1) is 11.3 Å². The number of aromatic nitrogens is 2. The van der Waals surface area contributed by atoms with Crippen molar-refractivity contribution in [1.82, 2.24) is 14.9 Å². The number of ether oxygens (including phenoxy) is 1. The van der Waals surface area contributed by atoms with Gasteiger partial charge in [0.15, 0.2) is 0 Å². The highest BCUT2D eigenvalue weighted by molar-refractivity contribution is 5.79. The maximum Gasteiger partial charge on any atom is 0.227 e. The largest absolute Gasteiger partial charge is 0.370 e. The van der Waals surface area contributed by atoms with Crippen LogP contribution >= 0.6 is 0 Å². The second-order valence-corrected chi connectivity index (χ2v) is 10.4. The van der Waals surface area contributed by atoms with E-state index in [1.807, 2.05) is 17.0 Å². The van der Waals surface area contributed by atoms with E-state index in [1.54, 1.807) is 12.4 Å². The van der Waals surface area contributed by atoms with Crippen LogP contribution in [0.25, 0.3) is 0 Å². The average molecular weight is 460 g/mol. The summed E-state index contributed by atoms with van der Waals surface area (Å²) in [6.45, 7) is 8.85. The van der Waals surface area contributed by atoms with Crippen molar-refractivity contribution in [2.75, 3.05) is 24.5 Å². The average Bonchev–Trinajstić information content (AvgIpc) is 3.68. The molecular formula is C27H33N5O2. The summed E-state index contributed by atoms with van der Waals surface area (Å²) in [7, 11) is 0. The Morgan fingerprint density at radius 2 is 2.12 bits per heavy atom. The van der Waals surface area contributed by atoms with Gasteiger partial charge in [-0.3, -0.25) is 9.78 Å². The van der Waals surface area contributed by atoms with E-state index in [9.17, 15) is 10.1 Å². The van der Waals surface area contributed by atoms with Crippen LogP contribution in [0.4, 0.5) is 5.82 Å². The molecule has 34 heavy (non-hydrogen) atoms. The van der Waals surface area contributed by atoms with Gasteiger partial charge >= 0.3 is 0 Å². The molecule has 4 heterocycles. The monoisotopic (exact) mass is 459 g/mol. The Morgan fingerprint density at radius 3 is 2.79 bits per heavy atom. The van der Waals surface area contributed by atoms with Crippen molar-refractivity contribution in [3.8, 4) is 6.07 Å². The van der Waals surface area contributed by atoms with Gasteiger partial charge in [-0.1, -0.05) is 13.0 Å². The fourth-order valence-electron chi connectivity index (χ4n) is 5.32. The number of piperazine rings is 1. The second kappa shape index (κ2) is 8.99. The van der Waals surface area contributed by atoms with E-state index in [1.165, 1.54) is 0 Å². The Kier molecular flexibility index (Phi) is 6.03. The third kappa shape index (κ3) is 4.39. The smallest absolute Gasteiger partial charge is 0.227 e. The summed E-state index contributed by atoms with van der Waals surface area (Å²) < 4.78 is 6.11. The van der Waals surface area contributed by atoms with Gasteiger partial charge in [-0.05, 0) is 50.3 Å². The molecule has 0 aromatic carbocycles. The fraction of sp³-hybridized carbons (Fsp3) is 0.556. The number of rotatable bonds is 5. The second-order valence-electron chi connectivity index (χ2n) is 10.4. The SMILES string of the molecule is CC[C@@H]1CN(c2nc(C3CC3)c3c(c2C#N)CC(C)(C)OC3)CCN1C(=O)Cc1cccnc1. The number of hydrogen-bond acceptors (Lipinski definition) is 6. The van der Waals surface area contributed by atoms with E-state index in [-0.39, 0.29) is 17.6 Å². The number of fused-ring (bicyclic) bond motifs is 1. The molecule has 0 unspecified atom stereocenters. The van der Waals surface area contributed by atoms with Crippen molar-refractivity contribution >= 4 is 11.7 Å². The van der Waals surface area contributed by atoms with Gasteiger partial charge in [-0.15, -0.1) is 0 Å². The van der Waals surface area contributed by atoms with Crippen molar-refractivity contribution < 1.29 is 9.53 Å². The van der Waals surface area contributed by atoms with Gasteiger partial charge in [0.2, 0.25) is 5.91 Å². The Bertz CT molecular complexity index is 1120. The van der Waals surface area contributed by atoms with Crippen LogP contribution < -0.4 is 4.90 Å². The quantitative estimate of drug-likeness (QED) is 0.677. The molecule has 2 fully saturated rings. The van der Waals surface area contributed by atoms with Crippen molar-refractivity contribution in [1.29, 1.82) is 5.26 Å². The van der Waals surface area contributed by atoms with E-state index < -0.39 is 0 Å². The summed E-state index contributed by atoms with van der Waals surface area (Å²) in [4.78, 5) is 26.6. The highest BCUT2D eigenvalue weighted by Crippen LogP contribution is 2.45. The van der Waals surface area contributed by atoms with E-state index in [0.29, 0.717) is 44.1 Å². The minimum atomic E-state index is -0.290. The number of nitriles is 1. The van der Waals surface area contributed by atoms with Crippen LogP contribution in [-0.2, 0) is 29.0 Å². The predicted molar refractivity (Wildman–Crippen MR) is 129 cm³/mol. The highest BCUT2D eigenvalue weighted by atomic mass is 16.5. The van der Waals surface area contributed by atoms with Crippen LogP contribution in [0.15, 0.2) is 24.5 Å². The lowest BCUT2D eigenvalue weighted by Gasteiger charge is -2.43. The Balaban J connectivity index is 1.43.